The van der Waals surface area contributed by atoms with Crippen molar-refractivity contribution >= 4 is 21.4 Å². The molecule has 1 unspecified atom stereocenters. The number of nitrogens with one attached hydrogen (secondary N) is 1. The van der Waals surface area contributed by atoms with E-state index in [1.807, 2.05) is 5.43 Å². The first-order valence-corrected chi connectivity index (χ1v) is 6.31. The Morgan fingerprint density at radius 1 is 1.57 bits per heavy atom. The van der Waals surface area contributed by atoms with E-state index in [4.69, 9.17) is 17.4 Å². The van der Waals surface area contributed by atoms with E-state index < -0.39 is 21.3 Å². The molecule has 0 bridgehead atoms. The van der Waals surface area contributed by atoms with E-state index in [9.17, 15) is 17.2 Å². The molecule has 1 atom stereocenters. The standard InChI is InChI=1S/C6H13ClF2N2O2S/c1-14(12,13)4-2-3-5(11-10)6(7,8)9/h5,11H,2-4,10H2,1H3. The number of alkyl halides is 3. The van der Waals surface area contributed by atoms with Gasteiger partial charge in [-0.3, -0.25) is 5.84 Å². The second-order valence-electron chi connectivity index (χ2n) is 3.03. The zero-order chi connectivity index (χ0) is 11.4. The van der Waals surface area contributed by atoms with Crippen LogP contribution in [0.2, 0.25) is 0 Å². The zero-order valence-corrected chi connectivity index (χ0v) is 9.21. The summed E-state index contributed by atoms with van der Waals surface area (Å²) in [6.45, 7) is 0. The highest BCUT2D eigenvalue weighted by molar-refractivity contribution is 7.90. The van der Waals surface area contributed by atoms with Crippen molar-refractivity contribution in [2.24, 2.45) is 5.84 Å². The molecular weight excluding hydrogens is 238 g/mol. The number of sulfone groups is 1. The predicted molar refractivity (Wildman–Crippen MR) is 50.9 cm³/mol. The molecular formula is C6H13ClF2N2O2S. The third-order valence-electron chi connectivity index (χ3n) is 1.60. The largest absolute Gasteiger partial charge is 0.338 e. The highest BCUT2D eigenvalue weighted by Crippen LogP contribution is 2.25. The summed E-state index contributed by atoms with van der Waals surface area (Å²) >= 11 is 4.72. The van der Waals surface area contributed by atoms with Crippen molar-refractivity contribution in [1.82, 2.24) is 5.43 Å². The lowest BCUT2D eigenvalue weighted by Gasteiger charge is -2.20. The summed E-state index contributed by atoms with van der Waals surface area (Å²) in [5, 5.41) is -3.47. The molecule has 0 radical (unpaired) electrons. The van der Waals surface area contributed by atoms with E-state index in [0.29, 0.717) is 0 Å². The van der Waals surface area contributed by atoms with Crippen LogP contribution in [0.15, 0.2) is 0 Å². The normalized spacial score (nSPS) is 15.5. The highest BCUT2D eigenvalue weighted by atomic mass is 35.5. The van der Waals surface area contributed by atoms with Crippen molar-refractivity contribution in [3.63, 3.8) is 0 Å². The fourth-order valence-corrected chi connectivity index (χ4v) is 1.75. The van der Waals surface area contributed by atoms with Crippen molar-refractivity contribution in [3.8, 4) is 0 Å². The van der Waals surface area contributed by atoms with Crippen LogP contribution in [0.1, 0.15) is 12.8 Å². The summed E-state index contributed by atoms with van der Waals surface area (Å²) in [5.74, 6) is 4.69. The smallest absolute Gasteiger partial charge is 0.271 e. The molecule has 0 spiro atoms. The molecule has 0 saturated heterocycles. The Kier molecular flexibility index (Phi) is 5.21. The first-order valence-electron chi connectivity index (χ1n) is 3.87. The average molecular weight is 251 g/mol. The summed E-state index contributed by atoms with van der Waals surface area (Å²) in [6, 6.07) is -1.41. The molecule has 0 aliphatic heterocycles. The first-order chi connectivity index (χ1) is 6.17. The van der Waals surface area contributed by atoms with Crippen LogP contribution in [0.25, 0.3) is 0 Å². The topological polar surface area (TPSA) is 72.2 Å². The summed E-state index contributed by atoms with van der Waals surface area (Å²) in [7, 11) is -3.13. The molecule has 0 aromatic carbocycles. The van der Waals surface area contributed by atoms with Crippen molar-refractivity contribution in [1.29, 1.82) is 0 Å². The number of hydrazine groups is 1. The van der Waals surface area contributed by atoms with Gasteiger partial charge in [0.25, 0.3) is 0 Å². The Hall–Kier alpha value is 0.0200. The first kappa shape index (κ1) is 14.0. The van der Waals surface area contributed by atoms with Crippen LogP contribution in [-0.2, 0) is 9.84 Å². The monoisotopic (exact) mass is 250 g/mol. The van der Waals surface area contributed by atoms with Gasteiger partial charge >= 0.3 is 5.38 Å². The third-order valence-corrected chi connectivity index (χ3v) is 2.90. The maximum Gasteiger partial charge on any atom is 0.338 e. The van der Waals surface area contributed by atoms with Gasteiger partial charge in [-0.2, -0.15) is 8.78 Å². The lowest BCUT2D eigenvalue weighted by Crippen LogP contribution is -2.45. The van der Waals surface area contributed by atoms with Gasteiger partial charge in [-0.15, -0.1) is 0 Å². The minimum Gasteiger partial charge on any atom is -0.271 e. The third kappa shape index (κ3) is 6.47. The molecule has 86 valence electrons. The molecule has 0 rings (SSSR count). The molecule has 0 saturated carbocycles. The molecule has 0 aliphatic carbocycles. The second-order valence-corrected chi connectivity index (χ2v) is 5.80. The summed E-state index contributed by atoms with van der Waals surface area (Å²) in [4.78, 5) is 0. The van der Waals surface area contributed by atoms with Crippen molar-refractivity contribution in [3.05, 3.63) is 0 Å². The van der Waals surface area contributed by atoms with E-state index >= 15 is 0 Å². The van der Waals surface area contributed by atoms with E-state index in [1.54, 1.807) is 0 Å². The van der Waals surface area contributed by atoms with E-state index in [2.05, 4.69) is 0 Å². The average Bonchev–Trinajstić information content (AvgIpc) is 1.93. The Morgan fingerprint density at radius 3 is 2.36 bits per heavy atom. The van der Waals surface area contributed by atoms with Gasteiger partial charge in [0.1, 0.15) is 9.84 Å². The molecule has 4 nitrogen and oxygen atoms in total. The molecule has 0 heterocycles. The maximum absolute atomic E-state index is 12.5. The quantitative estimate of drug-likeness (QED) is 0.409. The van der Waals surface area contributed by atoms with Gasteiger partial charge in [0.05, 0.1) is 6.04 Å². The summed E-state index contributed by atoms with van der Waals surface area (Å²) in [6.07, 6.45) is 1.03. The van der Waals surface area contributed by atoms with Crippen LogP contribution >= 0.6 is 11.6 Å². The molecule has 8 heteroatoms. The van der Waals surface area contributed by atoms with Gasteiger partial charge in [-0.1, -0.05) is 0 Å². The van der Waals surface area contributed by atoms with Crippen LogP contribution in [0.4, 0.5) is 8.78 Å². The minimum absolute atomic E-state index is 0.0933. The minimum atomic E-state index is -3.47. The molecule has 0 fully saturated rings. The SMILES string of the molecule is CS(=O)(=O)CCCC(NN)C(F)(F)Cl. The fraction of sp³-hybridized carbons (Fsp3) is 1.00. The van der Waals surface area contributed by atoms with Crippen molar-refractivity contribution in [2.45, 2.75) is 24.3 Å². The van der Waals surface area contributed by atoms with Crippen LogP contribution in [-0.4, -0.2) is 31.8 Å². The van der Waals surface area contributed by atoms with E-state index in [1.165, 1.54) is 0 Å². The fourth-order valence-electron chi connectivity index (χ4n) is 0.891. The van der Waals surface area contributed by atoms with Crippen molar-refractivity contribution in [2.75, 3.05) is 12.0 Å². The molecule has 0 amide bonds. The lowest BCUT2D eigenvalue weighted by atomic mass is 10.2. The highest BCUT2D eigenvalue weighted by Gasteiger charge is 2.35. The Labute approximate surface area is 86.7 Å². The van der Waals surface area contributed by atoms with E-state index in [0.717, 1.165) is 6.26 Å². The van der Waals surface area contributed by atoms with Gasteiger partial charge < -0.3 is 0 Å². The molecule has 3 N–H and O–H groups in total. The predicted octanol–water partition coefficient (Wildman–Crippen LogP) is 0.475. The van der Waals surface area contributed by atoms with Gasteiger partial charge in [0.2, 0.25) is 0 Å². The number of nitrogens with two attached hydrogens (primary N) is 1. The van der Waals surface area contributed by atoms with Gasteiger partial charge in [-0.05, 0) is 24.4 Å². The molecule has 14 heavy (non-hydrogen) atoms. The van der Waals surface area contributed by atoms with Crippen LogP contribution in [0.5, 0.6) is 0 Å². The van der Waals surface area contributed by atoms with Gasteiger partial charge in [0, 0.05) is 12.0 Å². The zero-order valence-electron chi connectivity index (χ0n) is 7.63. The lowest BCUT2D eigenvalue weighted by molar-refractivity contribution is 0.0465. The summed E-state index contributed by atoms with van der Waals surface area (Å²) in [5.41, 5.74) is 1.85. The van der Waals surface area contributed by atoms with Crippen LogP contribution in [0.3, 0.4) is 0 Å². The Balaban J connectivity index is 3.99. The summed E-state index contributed by atoms with van der Waals surface area (Å²) < 4.78 is 46.3. The van der Waals surface area contributed by atoms with Gasteiger partial charge in [0.15, 0.2) is 0 Å². The van der Waals surface area contributed by atoms with E-state index in [-0.39, 0.29) is 18.6 Å². The Morgan fingerprint density at radius 2 is 2.07 bits per heavy atom. The number of rotatable bonds is 6. The van der Waals surface area contributed by atoms with Crippen LogP contribution in [0, 0.1) is 0 Å². The Bertz CT molecular complexity index is 265. The second kappa shape index (κ2) is 5.20. The van der Waals surface area contributed by atoms with Gasteiger partial charge in [-0.25, -0.2) is 13.8 Å². The number of hydrogen-bond acceptors (Lipinski definition) is 4. The molecule has 0 aliphatic rings. The number of halogens is 3. The molecule has 0 aromatic rings. The van der Waals surface area contributed by atoms with Crippen LogP contribution < -0.4 is 11.3 Å². The molecule has 0 aromatic heterocycles. The maximum atomic E-state index is 12.5. The van der Waals surface area contributed by atoms with Crippen molar-refractivity contribution < 1.29 is 17.2 Å². The number of hydrogen-bond donors (Lipinski definition) is 2.